The molecule has 0 aliphatic carbocycles. The largest absolute Gasteiger partial charge is 0.333 e. The van der Waals surface area contributed by atoms with E-state index in [1.165, 1.54) is 23.9 Å². The minimum Gasteiger partial charge on any atom is -0.333 e. The van der Waals surface area contributed by atoms with Crippen molar-refractivity contribution in [3.63, 3.8) is 0 Å². The highest BCUT2D eigenvalue weighted by molar-refractivity contribution is 8.22. The molecule has 0 heterocycles. The van der Waals surface area contributed by atoms with Crippen LogP contribution in [0, 0.1) is 0 Å². The maximum absolute atomic E-state index is 4.50. The highest BCUT2D eigenvalue weighted by atomic mass is 32.2. The number of hydrogen-bond donors (Lipinski definition) is 2. The molecule has 0 saturated heterocycles. The van der Waals surface area contributed by atoms with Gasteiger partial charge in [-0.15, -0.1) is 35.3 Å². The molecular formula is C16H24N2S3. The van der Waals surface area contributed by atoms with E-state index in [1.807, 2.05) is 35.3 Å². The Balaban J connectivity index is 0.000000921. The van der Waals surface area contributed by atoms with E-state index in [0.717, 1.165) is 10.2 Å². The summed E-state index contributed by atoms with van der Waals surface area (Å²) in [7, 11) is 3.00. The van der Waals surface area contributed by atoms with Crippen molar-refractivity contribution in [2.45, 2.75) is 9.79 Å². The van der Waals surface area contributed by atoms with Crippen molar-refractivity contribution in [1.29, 1.82) is 0 Å². The molecule has 0 saturated carbocycles. The summed E-state index contributed by atoms with van der Waals surface area (Å²) in [5.74, 6) is 0. The molecule has 0 unspecified atom stereocenters. The van der Waals surface area contributed by atoms with Crippen LogP contribution in [-0.2, 0) is 0 Å². The van der Waals surface area contributed by atoms with E-state index in [0.29, 0.717) is 0 Å². The van der Waals surface area contributed by atoms with Crippen LogP contribution in [-0.4, -0.2) is 24.3 Å². The SMILES string of the molecule is CN.CN.c1ccc(SCSCSc2ccccc2)cc1. The lowest BCUT2D eigenvalue weighted by molar-refractivity contribution is 1.47. The van der Waals surface area contributed by atoms with Crippen molar-refractivity contribution in [3.8, 4) is 0 Å². The van der Waals surface area contributed by atoms with Crippen molar-refractivity contribution in [1.82, 2.24) is 0 Å². The molecule has 2 aromatic rings. The van der Waals surface area contributed by atoms with Gasteiger partial charge in [0.25, 0.3) is 0 Å². The molecule has 2 nitrogen and oxygen atoms in total. The maximum atomic E-state index is 4.50. The van der Waals surface area contributed by atoms with Crippen molar-refractivity contribution in [2.75, 3.05) is 24.3 Å². The third kappa shape index (κ3) is 10.7. The lowest BCUT2D eigenvalue weighted by Gasteiger charge is -2.02. The van der Waals surface area contributed by atoms with Gasteiger partial charge in [0.1, 0.15) is 0 Å². The Kier molecular flexibility index (Phi) is 15.3. The molecule has 0 aliphatic rings. The molecule has 5 heteroatoms. The zero-order chi connectivity index (χ0) is 15.8. The second kappa shape index (κ2) is 15.8. The molecule has 0 aliphatic heterocycles. The molecule has 2 rings (SSSR count). The molecule has 0 spiro atoms. The number of thioether (sulfide) groups is 3. The maximum Gasteiger partial charge on any atom is 0.0447 e. The first-order valence-corrected chi connectivity index (χ1v) is 9.66. The first-order chi connectivity index (χ1) is 10.4. The normalized spacial score (nSPS) is 8.95. The zero-order valence-corrected chi connectivity index (χ0v) is 15.0. The standard InChI is InChI=1S/C14H14S3.2CH5N/c1-3-7-13(8-4-1)16-11-15-12-17-14-9-5-2-6-10-14;2*1-2/h1-10H,11-12H2;2*2H2,1H3. The third-order valence-corrected chi connectivity index (χ3v) is 5.59. The van der Waals surface area contributed by atoms with Gasteiger partial charge in [-0.05, 0) is 38.4 Å². The average molecular weight is 341 g/mol. The van der Waals surface area contributed by atoms with Gasteiger partial charge in [0.05, 0.1) is 0 Å². The van der Waals surface area contributed by atoms with E-state index in [9.17, 15) is 0 Å². The Hall–Kier alpha value is -0.590. The molecule has 0 radical (unpaired) electrons. The van der Waals surface area contributed by atoms with Gasteiger partial charge in [-0.2, -0.15) is 0 Å². The van der Waals surface area contributed by atoms with E-state index in [2.05, 4.69) is 72.1 Å². The number of nitrogens with two attached hydrogens (primary N) is 2. The summed E-state index contributed by atoms with van der Waals surface area (Å²) in [4.78, 5) is 2.70. The van der Waals surface area contributed by atoms with Gasteiger partial charge in [0.2, 0.25) is 0 Å². The topological polar surface area (TPSA) is 52.0 Å². The molecule has 21 heavy (non-hydrogen) atoms. The lowest BCUT2D eigenvalue weighted by Crippen LogP contribution is -1.76. The van der Waals surface area contributed by atoms with Crippen LogP contribution in [0.5, 0.6) is 0 Å². The van der Waals surface area contributed by atoms with Crippen molar-refractivity contribution < 1.29 is 0 Å². The zero-order valence-electron chi connectivity index (χ0n) is 12.6. The van der Waals surface area contributed by atoms with Crippen LogP contribution in [0.4, 0.5) is 0 Å². The van der Waals surface area contributed by atoms with Gasteiger partial charge >= 0.3 is 0 Å². The Labute approximate surface area is 141 Å². The van der Waals surface area contributed by atoms with Crippen LogP contribution >= 0.6 is 35.3 Å². The van der Waals surface area contributed by atoms with Crippen molar-refractivity contribution in [2.24, 2.45) is 11.5 Å². The molecule has 2 aromatic carbocycles. The second-order valence-electron chi connectivity index (χ2n) is 3.35. The van der Waals surface area contributed by atoms with E-state index < -0.39 is 0 Å². The fraction of sp³-hybridized carbons (Fsp3) is 0.250. The minimum absolute atomic E-state index is 1.11. The van der Waals surface area contributed by atoms with Gasteiger partial charge in [-0.1, -0.05) is 36.4 Å². The second-order valence-corrected chi connectivity index (χ2v) is 7.17. The van der Waals surface area contributed by atoms with E-state index in [4.69, 9.17) is 0 Å². The molecule has 0 amide bonds. The van der Waals surface area contributed by atoms with Crippen LogP contribution in [0.3, 0.4) is 0 Å². The van der Waals surface area contributed by atoms with Crippen LogP contribution in [0.2, 0.25) is 0 Å². The molecular weight excluding hydrogens is 316 g/mol. The number of benzene rings is 2. The molecule has 116 valence electrons. The first kappa shape index (κ1) is 20.4. The number of rotatable bonds is 6. The van der Waals surface area contributed by atoms with Crippen LogP contribution in [0.25, 0.3) is 0 Å². The summed E-state index contributed by atoms with van der Waals surface area (Å²) in [6.07, 6.45) is 0. The van der Waals surface area contributed by atoms with E-state index in [-0.39, 0.29) is 0 Å². The fourth-order valence-electron chi connectivity index (χ4n) is 1.29. The molecule has 0 atom stereocenters. The summed E-state index contributed by atoms with van der Waals surface area (Å²) in [5, 5.41) is 2.23. The predicted molar refractivity (Wildman–Crippen MR) is 102 cm³/mol. The van der Waals surface area contributed by atoms with Crippen LogP contribution < -0.4 is 11.5 Å². The van der Waals surface area contributed by atoms with Gasteiger partial charge in [-0.3, -0.25) is 0 Å². The van der Waals surface area contributed by atoms with E-state index >= 15 is 0 Å². The van der Waals surface area contributed by atoms with E-state index in [1.54, 1.807) is 0 Å². The predicted octanol–water partition coefficient (Wildman–Crippen LogP) is 4.37. The fourth-order valence-corrected chi connectivity index (χ4v) is 4.63. The summed E-state index contributed by atoms with van der Waals surface area (Å²) in [6.45, 7) is 0. The van der Waals surface area contributed by atoms with Crippen LogP contribution in [0.15, 0.2) is 70.5 Å². The third-order valence-electron chi connectivity index (χ3n) is 2.10. The Morgan fingerprint density at radius 2 is 0.952 bits per heavy atom. The lowest BCUT2D eigenvalue weighted by atomic mass is 10.4. The number of hydrogen-bond acceptors (Lipinski definition) is 5. The van der Waals surface area contributed by atoms with Crippen molar-refractivity contribution in [3.05, 3.63) is 60.7 Å². The molecule has 4 N–H and O–H groups in total. The monoisotopic (exact) mass is 340 g/mol. The Bertz CT molecular complexity index is 383. The molecule has 0 bridgehead atoms. The highest BCUT2D eigenvalue weighted by Gasteiger charge is 1.95. The van der Waals surface area contributed by atoms with Gasteiger partial charge < -0.3 is 11.5 Å². The van der Waals surface area contributed by atoms with Gasteiger partial charge in [0.15, 0.2) is 0 Å². The van der Waals surface area contributed by atoms with Gasteiger partial charge in [-0.25, -0.2) is 0 Å². The first-order valence-electron chi connectivity index (χ1n) is 6.54. The van der Waals surface area contributed by atoms with Crippen molar-refractivity contribution >= 4 is 35.3 Å². The molecule has 0 aromatic heterocycles. The smallest absolute Gasteiger partial charge is 0.0447 e. The summed E-state index contributed by atoms with van der Waals surface area (Å²) >= 11 is 5.78. The van der Waals surface area contributed by atoms with Gasteiger partial charge in [0, 0.05) is 20.0 Å². The van der Waals surface area contributed by atoms with Crippen LogP contribution in [0.1, 0.15) is 0 Å². The summed E-state index contributed by atoms with van der Waals surface area (Å²) < 4.78 is 0. The average Bonchev–Trinajstić information content (AvgIpc) is 2.60. The Morgan fingerprint density at radius 1 is 0.619 bits per heavy atom. The highest BCUT2D eigenvalue weighted by Crippen LogP contribution is 2.27. The minimum atomic E-state index is 1.11. The molecule has 0 fully saturated rings. The quantitative estimate of drug-likeness (QED) is 0.464. The summed E-state index contributed by atoms with van der Waals surface area (Å²) in [6, 6.07) is 21.1. The Morgan fingerprint density at radius 3 is 1.29 bits per heavy atom. The summed E-state index contributed by atoms with van der Waals surface area (Å²) in [5.41, 5.74) is 9.00.